The van der Waals surface area contributed by atoms with Crippen molar-refractivity contribution in [3.63, 3.8) is 0 Å². The smallest absolute Gasteiger partial charge is 0.246 e. The average Bonchev–Trinajstić information content (AvgIpc) is 2.41. The van der Waals surface area contributed by atoms with Crippen LogP contribution in [0.4, 0.5) is 0 Å². The van der Waals surface area contributed by atoms with Gasteiger partial charge in [-0.25, -0.2) is 0 Å². The Bertz CT molecular complexity index is 361. The SMILES string of the molecule is CCC(C)N1C(=O)C(CC(C)C)NC(=O)C1(CC)CC. The van der Waals surface area contributed by atoms with Gasteiger partial charge in [0.15, 0.2) is 0 Å². The molecular weight excluding hydrogens is 252 g/mol. The van der Waals surface area contributed by atoms with E-state index in [4.69, 9.17) is 0 Å². The van der Waals surface area contributed by atoms with Crippen LogP contribution >= 0.6 is 0 Å². The van der Waals surface area contributed by atoms with Gasteiger partial charge in [-0.1, -0.05) is 34.6 Å². The zero-order valence-corrected chi connectivity index (χ0v) is 13.8. The first-order valence-corrected chi connectivity index (χ1v) is 7.98. The van der Waals surface area contributed by atoms with Gasteiger partial charge in [-0.2, -0.15) is 0 Å². The first-order chi connectivity index (χ1) is 9.33. The Balaban J connectivity index is 3.17. The van der Waals surface area contributed by atoms with Crippen LogP contribution in [0.2, 0.25) is 0 Å². The molecule has 20 heavy (non-hydrogen) atoms. The van der Waals surface area contributed by atoms with Gasteiger partial charge in [-0.15, -0.1) is 0 Å². The van der Waals surface area contributed by atoms with Crippen molar-refractivity contribution in [3.8, 4) is 0 Å². The average molecular weight is 282 g/mol. The number of rotatable bonds is 6. The third kappa shape index (κ3) is 2.84. The quantitative estimate of drug-likeness (QED) is 0.814. The van der Waals surface area contributed by atoms with Gasteiger partial charge in [0.05, 0.1) is 0 Å². The van der Waals surface area contributed by atoms with Gasteiger partial charge in [0.2, 0.25) is 11.8 Å². The highest BCUT2D eigenvalue weighted by Crippen LogP contribution is 2.32. The molecule has 0 aromatic heterocycles. The van der Waals surface area contributed by atoms with Gasteiger partial charge >= 0.3 is 0 Å². The van der Waals surface area contributed by atoms with Crippen molar-refractivity contribution in [3.05, 3.63) is 0 Å². The molecule has 0 aromatic carbocycles. The summed E-state index contributed by atoms with van der Waals surface area (Å²) in [5.41, 5.74) is -0.667. The second-order valence-electron chi connectivity index (χ2n) is 6.36. The van der Waals surface area contributed by atoms with Crippen LogP contribution in [0, 0.1) is 5.92 Å². The molecular formula is C16H30N2O2. The Kier molecular flexibility index (Phi) is 5.60. The van der Waals surface area contributed by atoms with E-state index in [9.17, 15) is 9.59 Å². The van der Waals surface area contributed by atoms with Gasteiger partial charge < -0.3 is 10.2 Å². The van der Waals surface area contributed by atoms with E-state index >= 15 is 0 Å². The molecule has 1 saturated heterocycles. The van der Waals surface area contributed by atoms with Crippen molar-refractivity contribution in [2.75, 3.05) is 0 Å². The molecule has 2 unspecified atom stereocenters. The topological polar surface area (TPSA) is 49.4 Å². The second kappa shape index (κ2) is 6.59. The maximum absolute atomic E-state index is 12.9. The number of nitrogens with zero attached hydrogens (tertiary/aromatic N) is 1. The minimum atomic E-state index is -0.667. The Labute approximate surface area is 123 Å². The minimum Gasteiger partial charge on any atom is -0.342 e. The lowest BCUT2D eigenvalue weighted by atomic mass is 9.83. The van der Waals surface area contributed by atoms with E-state index in [0.29, 0.717) is 25.2 Å². The van der Waals surface area contributed by atoms with E-state index in [-0.39, 0.29) is 23.9 Å². The molecule has 0 aliphatic carbocycles. The standard InChI is InChI=1S/C16H30N2O2/c1-7-12(6)18-14(19)13(10-11(4)5)17-15(20)16(18,8-2)9-3/h11-13H,7-10H2,1-6H3,(H,17,20). The van der Waals surface area contributed by atoms with Crippen LogP contribution in [-0.2, 0) is 9.59 Å². The fourth-order valence-electron chi connectivity index (χ4n) is 3.21. The number of hydrogen-bond donors (Lipinski definition) is 1. The summed E-state index contributed by atoms with van der Waals surface area (Å²) < 4.78 is 0. The van der Waals surface area contributed by atoms with Crippen LogP contribution in [0.25, 0.3) is 0 Å². The van der Waals surface area contributed by atoms with Crippen LogP contribution in [0.5, 0.6) is 0 Å². The predicted octanol–water partition coefficient (Wildman–Crippen LogP) is 2.72. The van der Waals surface area contributed by atoms with Gasteiger partial charge in [0.1, 0.15) is 11.6 Å². The van der Waals surface area contributed by atoms with Gasteiger partial charge in [0.25, 0.3) is 0 Å². The molecule has 1 aliphatic heterocycles. The van der Waals surface area contributed by atoms with Gasteiger partial charge in [0, 0.05) is 6.04 Å². The third-order valence-corrected chi connectivity index (χ3v) is 4.63. The van der Waals surface area contributed by atoms with Crippen LogP contribution in [0.1, 0.15) is 67.2 Å². The number of nitrogens with one attached hydrogen (secondary N) is 1. The third-order valence-electron chi connectivity index (χ3n) is 4.63. The van der Waals surface area contributed by atoms with Crippen LogP contribution in [-0.4, -0.2) is 34.3 Å². The lowest BCUT2D eigenvalue weighted by Gasteiger charge is -2.50. The fourth-order valence-corrected chi connectivity index (χ4v) is 3.21. The van der Waals surface area contributed by atoms with E-state index < -0.39 is 5.54 Å². The van der Waals surface area contributed by atoms with E-state index in [1.807, 2.05) is 25.7 Å². The number of piperazine rings is 1. The number of hydrogen-bond acceptors (Lipinski definition) is 2. The maximum atomic E-state index is 12.9. The van der Waals surface area contributed by atoms with Crippen molar-refractivity contribution in [1.29, 1.82) is 0 Å². The first-order valence-electron chi connectivity index (χ1n) is 7.98. The summed E-state index contributed by atoms with van der Waals surface area (Å²) in [5.74, 6) is 0.503. The monoisotopic (exact) mass is 282 g/mol. The molecule has 1 aliphatic rings. The van der Waals surface area contributed by atoms with E-state index in [1.54, 1.807) is 0 Å². The molecule has 2 atom stereocenters. The van der Waals surface area contributed by atoms with Crippen LogP contribution in [0.15, 0.2) is 0 Å². The van der Waals surface area contributed by atoms with Crippen molar-refractivity contribution in [2.45, 2.75) is 84.8 Å². The summed E-state index contributed by atoms with van der Waals surface area (Å²) in [6.45, 7) is 12.3. The summed E-state index contributed by atoms with van der Waals surface area (Å²) in [7, 11) is 0. The first kappa shape index (κ1) is 17.0. The Morgan fingerprint density at radius 3 is 2.10 bits per heavy atom. The fraction of sp³-hybridized carbons (Fsp3) is 0.875. The molecule has 1 fully saturated rings. The molecule has 1 heterocycles. The molecule has 0 bridgehead atoms. The predicted molar refractivity (Wildman–Crippen MR) is 81.3 cm³/mol. The van der Waals surface area contributed by atoms with E-state index in [1.165, 1.54) is 0 Å². The summed E-state index contributed by atoms with van der Waals surface area (Å²) in [6, 6.07) is -0.258. The number of carbonyl (C=O) groups excluding carboxylic acids is 2. The Hall–Kier alpha value is -1.06. The minimum absolute atomic E-state index is 0.0213. The van der Waals surface area contributed by atoms with Crippen molar-refractivity contribution >= 4 is 11.8 Å². The molecule has 1 rings (SSSR count). The van der Waals surface area contributed by atoms with Crippen molar-refractivity contribution in [2.24, 2.45) is 5.92 Å². The van der Waals surface area contributed by atoms with E-state index in [2.05, 4.69) is 26.1 Å². The van der Waals surface area contributed by atoms with Gasteiger partial charge in [-0.05, 0) is 38.5 Å². The summed E-state index contributed by atoms with van der Waals surface area (Å²) in [4.78, 5) is 27.4. The molecule has 0 radical (unpaired) electrons. The molecule has 4 nitrogen and oxygen atoms in total. The molecule has 1 N–H and O–H groups in total. The number of amides is 2. The molecule has 0 spiro atoms. The Morgan fingerprint density at radius 1 is 1.15 bits per heavy atom. The van der Waals surface area contributed by atoms with Crippen molar-refractivity contribution in [1.82, 2.24) is 10.2 Å². The van der Waals surface area contributed by atoms with Crippen LogP contribution in [0.3, 0.4) is 0 Å². The summed E-state index contributed by atoms with van der Waals surface area (Å²) >= 11 is 0. The van der Waals surface area contributed by atoms with E-state index in [0.717, 1.165) is 6.42 Å². The summed E-state index contributed by atoms with van der Waals surface area (Å²) in [6.07, 6.45) is 2.91. The number of carbonyl (C=O) groups is 2. The highest BCUT2D eigenvalue weighted by Gasteiger charge is 2.51. The molecule has 2 amide bonds. The lowest BCUT2D eigenvalue weighted by molar-refractivity contribution is -0.162. The maximum Gasteiger partial charge on any atom is 0.246 e. The van der Waals surface area contributed by atoms with Gasteiger partial charge in [-0.3, -0.25) is 9.59 Å². The molecule has 4 heteroatoms. The highest BCUT2D eigenvalue weighted by molar-refractivity contribution is 6.00. The van der Waals surface area contributed by atoms with Crippen molar-refractivity contribution < 1.29 is 9.59 Å². The molecule has 0 aromatic rings. The normalized spacial score (nSPS) is 23.9. The summed E-state index contributed by atoms with van der Waals surface area (Å²) in [5, 5.41) is 2.97. The zero-order chi connectivity index (χ0) is 15.5. The lowest BCUT2D eigenvalue weighted by Crippen LogP contribution is -2.72. The Morgan fingerprint density at radius 2 is 1.70 bits per heavy atom. The molecule has 0 saturated carbocycles. The molecule has 116 valence electrons. The van der Waals surface area contributed by atoms with Crippen LogP contribution < -0.4 is 5.32 Å². The largest absolute Gasteiger partial charge is 0.342 e. The highest BCUT2D eigenvalue weighted by atomic mass is 16.2. The zero-order valence-electron chi connectivity index (χ0n) is 13.8. The second-order valence-corrected chi connectivity index (χ2v) is 6.36.